The molecule has 1 heterocycles. The average molecular weight is 233 g/mol. The fourth-order valence-electron chi connectivity index (χ4n) is 2.70. The van der Waals surface area contributed by atoms with Gasteiger partial charge in [-0.1, -0.05) is 19.3 Å². The van der Waals surface area contributed by atoms with Crippen molar-refractivity contribution >= 4 is 11.5 Å². The molecular weight excluding hydrogens is 210 g/mol. The van der Waals surface area contributed by atoms with Gasteiger partial charge >= 0.3 is 0 Å². The molecule has 94 valence electrons. The van der Waals surface area contributed by atoms with Gasteiger partial charge in [-0.2, -0.15) is 0 Å². The highest BCUT2D eigenvalue weighted by Gasteiger charge is 2.17. The van der Waals surface area contributed by atoms with E-state index in [0.29, 0.717) is 0 Å². The molecule has 0 unspecified atom stereocenters. The molecule has 3 heteroatoms. The largest absolute Gasteiger partial charge is 0.396 e. The minimum Gasteiger partial charge on any atom is -0.396 e. The van der Waals surface area contributed by atoms with Crippen molar-refractivity contribution in [1.82, 2.24) is 4.98 Å². The first-order valence-corrected chi connectivity index (χ1v) is 6.61. The van der Waals surface area contributed by atoms with Crippen LogP contribution in [0.5, 0.6) is 0 Å². The summed E-state index contributed by atoms with van der Waals surface area (Å²) in [6.45, 7) is 3.10. The van der Waals surface area contributed by atoms with Gasteiger partial charge in [0.1, 0.15) is 0 Å². The van der Waals surface area contributed by atoms with Gasteiger partial charge in [-0.05, 0) is 37.8 Å². The van der Waals surface area contributed by atoms with Gasteiger partial charge in [-0.3, -0.25) is 0 Å². The van der Waals surface area contributed by atoms with E-state index in [1.54, 1.807) is 0 Å². The van der Waals surface area contributed by atoms with E-state index >= 15 is 0 Å². The van der Waals surface area contributed by atoms with E-state index in [0.717, 1.165) is 29.7 Å². The number of hydrogen-bond acceptors (Lipinski definition) is 3. The normalized spacial score (nSPS) is 17.1. The van der Waals surface area contributed by atoms with Gasteiger partial charge in [0.15, 0.2) is 5.82 Å². The van der Waals surface area contributed by atoms with Crippen LogP contribution in [0.2, 0.25) is 0 Å². The van der Waals surface area contributed by atoms with Crippen molar-refractivity contribution in [2.24, 2.45) is 5.92 Å². The molecule has 2 rings (SSSR count). The summed E-state index contributed by atoms with van der Waals surface area (Å²) in [4.78, 5) is 6.76. The number of nitrogens with two attached hydrogens (primary N) is 1. The SMILES string of the molecule is Cc1ccc(N)c(N(C)CC2CCCCC2)n1. The molecule has 0 aliphatic heterocycles. The predicted octanol–water partition coefficient (Wildman–Crippen LogP) is 2.99. The molecule has 0 saturated heterocycles. The number of pyridine rings is 1. The maximum atomic E-state index is 5.99. The molecule has 0 bridgehead atoms. The van der Waals surface area contributed by atoms with Gasteiger partial charge in [0.25, 0.3) is 0 Å². The van der Waals surface area contributed by atoms with Crippen molar-refractivity contribution in [2.45, 2.75) is 39.0 Å². The molecule has 1 aromatic rings. The molecule has 2 N–H and O–H groups in total. The van der Waals surface area contributed by atoms with E-state index in [1.165, 1.54) is 32.1 Å². The number of nitrogen functional groups attached to an aromatic ring is 1. The summed E-state index contributed by atoms with van der Waals surface area (Å²) in [7, 11) is 2.10. The standard InChI is InChI=1S/C14H23N3/c1-11-8-9-13(15)14(16-11)17(2)10-12-6-4-3-5-7-12/h8-9,12H,3-7,10,15H2,1-2H3. The summed E-state index contributed by atoms with van der Waals surface area (Å²) >= 11 is 0. The Labute approximate surface area is 104 Å². The van der Waals surface area contributed by atoms with E-state index in [-0.39, 0.29) is 0 Å². The minimum atomic E-state index is 0.786. The lowest BCUT2D eigenvalue weighted by Gasteiger charge is -2.28. The van der Waals surface area contributed by atoms with Crippen LogP contribution in [0.15, 0.2) is 12.1 Å². The second kappa shape index (κ2) is 5.39. The Hall–Kier alpha value is -1.25. The van der Waals surface area contributed by atoms with E-state index in [2.05, 4.69) is 16.9 Å². The number of aromatic nitrogens is 1. The van der Waals surface area contributed by atoms with Crippen molar-refractivity contribution < 1.29 is 0 Å². The lowest BCUT2D eigenvalue weighted by molar-refractivity contribution is 0.361. The summed E-state index contributed by atoms with van der Waals surface area (Å²) in [6.07, 6.45) is 6.89. The Morgan fingerprint density at radius 2 is 2.00 bits per heavy atom. The van der Waals surface area contributed by atoms with Crippen LogP contribution < -0.4 is 10.6 Å². The van der Waals surface area contributed by atoms with Crippen LogP contribution in [0.25, 0.3) is 0 Å². The number of nitrogens with zero attached hydrogens (tertiary/aromatic N) is 2. The zero-order valence-corrected chi connectivity index (χ0v) is 10.9. The highest BCUT2D eigenvalue weighted by atomic mass is 15.2. The monoisotopic (exact) mass is 233 g/mol. The maximum absolute atomic E-state index is 5.99. The topological polar surface area (TPSA) is 42.1 Å². The van der Waals surface area contributed by atoms with Crippen molar-refractivity contribution in [3.63, 3.8) is 0 Å². The van der Waals surface area contributed by atoms with E-state index < -0.39 is 0 Å². The Morgan fingerprint density at radius 3 is 2.71 bits per heavy atom. The first kappa shape index (κ1) is 12.2. The predicted molar refractivity (Wildman–Crippen MR) is 73.2 cm³/mol. The molecule has 1 fully saturated rings. The highest BCUT2D eigenvalue weighted by molar-refractivity contribution is 5.62. The van der Waals surface area contributed by atoms with Crippen LogP contribution >= 0.6 is 0 Å². The van der Waals surface area contributed by atoms with Crippen LogP contribution in [0.1, 0.15) is 37.8 Å². The smallest absolute Gasteiger partial charge is 0.151 e. The van der Waals surface area contributed by atoms with Gasteiger partial charge in [0.2, 0.25) is 0 Å². The first-order chi connectivity index (χ1) is 8.16. The average Bonchev–Trinajstić information content (AvgIpc) is 2.33. The van der Waals surface area contributed by atoms with Gasteiger partial charge < -0.3 is 10.6 Å². The van der Waals surface area contributed by atoms with Crippen LogP contribution in [0, 0.1) is 12.8 Å². The van der Waals surface area contributed by atoms with E-state index in [1.807, 2.05) is 19.1 Å². The van der Waals surface area contributed by atoms with Gasteiger partial charge in [-0.25, -0.2) is 4.98 Å². The third-order valence-electron chi connectivity index (χ3n) is 3.66. The summed E-state index contributed by atoms with van der Waals surface area (Å²) in [5.41, 5.74) is 7.81. The molecule has 0 atom stereocenters. The Morgan fingerprint density at radius 1 is 1.29 bits per heavy atom. The molecule has 3 nitrogen and oxygen atoms in total. The Balaban J connectivity index is 2.02. The van der Waals surface area contributed by atoms with Crippen LogP contribution in [0.4, 0.5) is 11.5 Å². The van der Waals surface area contributed by atoms with Crippen LogP contribution in [-0.2, 0) is 0 Å². The molecule has 17 heavy (non-hydrogen) atoms. The minimum absolute atomic E-state index is 0.786. The van der Waals surface area contributed by atoms with Gasteiger partial charge in [0.05, 0.1) is 5.69 Å². The first-order valence-electron chi connectivity index (χ1n) is 6.61. The maximum Gasteiger partial charge on any atom is 0.151 e. The van der Waals surface area contributed by atoms with Crippen molar-refractivity contribution in [3.05, 3.63) is 17.8 Å². The Kier molecular flexibility index (Phi) is 3.87. The van der Waals surface area contributed by atoms with E-state index in [4.69, 9.17) is 5.73 Å². The molecule has 0 spiro atoms. The second-order valence-electron chi connectivity index (χ2n) is 5.25. The highest BCUT2D eigenvalue weighted by Crippen LogP contribution is 2.27. The summed E-state index contributed by atoms with van der Waals surface area (Å²) < 4.78 is 0. The lowest BCUT2D eigenvalue weighted by atomic mass is 9.89. The number of aryl methyl sites for hydroxylation is 1. The molecule has 1 aromatic heterocycles. The second-order valence-corrected chi connectivity index (χ2v) is 5.25. The van der Waals surface area contributed by atoms with Crippen molar-refractivity contribution in [1.29, 1.82) is 0 Å². The molecule has 0 aromatic carbocycles. The summed E-state index contributed by atoms with van der Waals surface area (Å²) in [5.74, 6) is 1.76. The molecular formula is C14H23N3. The summed E-state index contributed by atoms with van der Waals surface area (Å²) in [5, 5.41) is 0. The number of anilines is 2. The number of hydrogen-bond donors (Lipinski definition) is 1. The van der Waals surface area contributed by atoms with Crippen LogP contribution in [0.3, 0.4) is 0 Å². The third-order valence-corrected chi connectivity index (χ3v) is 3.66. The summed E-state index contributed by atoms with van der Waals surface area (Å²) in [6, 6.07) is 3.92. The zero-order chi connectivity index (χ0) is 12.3. The Bertz CT molecular complexity index is 370. The fraction of sp³-hybridized carbons (Fsp3) is 0.643. The van der Waals surface area contributed by atoms with Gasteiger partial charge in [0, 0.05) is 19.3 Å². The van der Waals surface area contributed by atoms with Gasteiger partial charge in [-0.15, -0.1) is 0 Å². The number of rotatable bonds is 3. The molecule has 1 aliphatic carbocycles. The molecule has 1 saturated carbocycles. The zero-order valence-electron chi connectivity index (χ0n) is 10.9. The van der Waals surface area contributed by atoms with Crippen molar-refractivity contribution in [2.75, 3.05) is 24.2 Å². The molecule has 0 amide bonds. The molecule has 0 radical (unpaired) electrons. The lowest BCUT2D eigenvalue weighted by Crippen LogP contribution is -2.28. The van der Waals surface area contributed by atoms with Crippen LogP contribution in [-0.4, -0.2) is 18.6 Å². The van der Waals surface area contributed by atoms with Crippen molar-refractivity contribution in [3.8, 4) is 0 Å². The fourth-order valence-corrected chi connectivity index (χ4v) is 2.70. The third kappa shape index (κ3) is 3.11. The molecule has 1 aliphatic rings. The quantitative estimate of drug-likeness (QED) is 0.872. The van der Waals surface area contributed by atoms with E-state index in [9.17, 15) is 0 Å².